The predicted octanol–water partition coefficient (Wildman–Crippen LogP) is 6.65. The van der Waals surface area contributed by atoms with E-state index in [1.807, 2.05) is 6.07 Å². The summed E-state index contributed by atoms with van der Waals surface area (Å²) in [6.07, 6.45) is 9.27. The molecule has 4 nitrogen and oxygen atoms in total. The summed E-state index contributed by atoms with van der Waals surface area (Å²) in [5.41, 5.74) is 0.845. The van der Waals surface area contributed by atoms with E-state index >= 15 is 0 Å². The lowest BCUT2D eigenvalue weighted by Gasteiger charge is -2.65. The van der Waals surface area contributed by atoms with Crippen molar-refractivity contribution in [2.24, 2.45) is 22.2 Å². The zero-order valence-electron chi connectivity index (χ0n) is 20.9. The van der Waals surface area contributed by atoms with E-state index in [0.29, 0.717) is 33.7 Å². The van der Waals surface area contributed by atoms with Gasteiger partial charge in [-0.15, -0.1) is 0 Å². The van der Waals surface area contributed by atoms with Gasteiger partial charge in [0.15, 0.2) is 0 Å². The highest BCUT2D eigenvalue weighted by atomic mass is 19.1. The highest BCUT2D eigenvalue weighted by molar-refractivity contribution is 6.02. The molecule has 1 heterocycles. The number of carbonyl (C=O) groups excluding carboxylic acids is 1. The number of pyridine rings is 1. The van der Waals surface area contributed by atoms with E-state index in [2.05, 4.69) is 19.2 Å². The molecule has 6 heteroatoms. The number of benzene rings is 2. The predicted molar refractivity (Wildman–Crippen MR) is 137 cm³/mol. The summed E-state index contributed by atoms with van der Waals surface area (Å²) in [5, 5.41) is 4.13. The number of amides is 1. The molecule has 0 spiro atoms. The first kappa shape index (κ1) is 23.4. The second-order valence-corrected chi connectivity index (χ2v) is 12.6. The Morgan fingerprint density at radius 3 is 2.28 bits per heavy atom. The van der Waals surface area contributed by atoms with Gasteiger partial charge in [-0.2, -0.15) is 0 Å². The van der Waals surface area contributed by atoms with Crippen LogP contribution in [0.25, 0.3) is 10.8 Å². The number of rotatable bonds is 5. The Kier molecular flexibility index (Phi) is 5.19. The van der Waals surface area contributed by atoms with Crippen molar-refractivity contribution in [1.82, 2.24) is 4.57 Å². The molecule has 0 aliphatic heterocycles. The second-order valence-electron chi connectivity index (χ2n) is 12.6. The van der Waals surface area contributed by atoms with Crippen LogP contribution in [0.3, 0.4) is 0 Å². The van der Waals surface area contributed by atoms with Crippen LogP contribution in [0.4, 0.5) is 14.5 Å². The molecule has 4 aliphatic rings. The van der Waals surface area contributed by atoms with Gasteiger partial charge >= 0.3 is 0 Å². The fourth-order valence-corrected chi connectivity index (χ4v) is 8.82. The van der Waals surface area contributed by atoms with Crippen LogP contribution in [0.1, 0.15) is 64.4 Å². The molecule has 2 atom stereocenters. The Bertz CT molecular complexity index is 1410. The topological polar surface area (TPSA) is 51.1 Å². The van der Waals surface area contributed by atoms with Gasteiger partial charge in [0.05, 0.1) is 6.54 Å². The Labute approximate surface area is 209 Å². The molecule has 1 aromatic heterocycles. The minimum Gasteiger partial charge on any atom is -0.325 e. The van der Waals surface area contributed by atoms with Gasteiger partial charge in [-0.1, -0.05) is 26.0 Å². The zero-order valence-corrected chi connectivity index (χ0v) is 20.9. The fraction of sp³-hybridized carbons (Fsp3) is 0.467. The van der Waals surface area contributed by atoms with E-state index in [0.717, 1.165) is 25.2 Å². The van der Waals surface area contributed by atoms with Gasteiger partial charge in [-0.05, 0) is 91.0 Å². The van der Waals surface area contributed by atoms with Gasteiger partial charge < -0.3 is 9.88 Å². The first-order valence-electron chi connectivity index (χ1n) is 12.9. The quantitative estimate of drug-likeness (QED) is 0.435. The first-order chi connectivity index (χ1) is 17.1. The van der Waals surface area contributed by atoms with Gasteiger partial charge in [-0.25, -0.2) is 8.78 Å². The van der Waals surface area contributed by atoms with Gasteiger partial charge in [0.1, 0.15) is 11.6 Å². The van der Waals surface area contributed by atoms with E-state index in [1.54, 1.807) is 18.2 Å². The average molecular weight is 491 g/mol. The molecule has 4 bridgehead atoms. The monoisotopic (exact) mass is 490 g/mol. The van der Waals surface area contributed by atoms with Gasteiger partial charge in [0, 0.05) is 34.6 Å². The molecule has 4 saturated carbocycles. The molecule has 4 aliphatic carbocycles. The molecule has 1 amide bonds. The largest absolute Gasteiger partial charge is 0.325 e. The van der Waals surface area contributed by atoms with Crippen LogP contribution >= 0.6 is 0 Å². The van der Waals surface area contributed by atoms with Gasteiger partial charge in [0.25, 0.3) is 5.56 Å². The minimum absolute atomic E-state index is 0.00532. The van der Waals surface area contributed by atoms with Crippen LogP contribution in [0, 0.1) is 33.8 Å². The Morgan fingerprint density at radius 2 is 1.61 bits per heavy atom. The fourth-order valence-electron chi connectivity index (χ4n) is 8.82. The molecular formula is C30H32F2N2O2. The van der Waals surface area contributed by atoms with Crippen molar-refractivity contribution < 1.29 is 13.6 Å². The highest BCUT2D eigenvalue weighted by Crippen LogP contribution is 2.70. The van der Waals surface area contributed by atoms with Crippen LogP contribution < -0.4 is 10.9 Å². The normalized spacial score (nSPS) is 30.6. The molecule has 2 aromatic carbocycles. The number of anilines is 1. The average Bonchev–Trinajstić information content (AvgIpc) is 2.75. The summed E-state index contributed by atoms with van der Waals surface area (Å²) in [6.45, 7) is 4.61. The summed E-state index contributed by atoms with van der Waals surface area (Å²) in [7, 11) is 0. The van der Waals surface area contributed by atoms with Gasteiger partial charge in [0.2, 0.25) is 5.91 Å². The maximum Gasteiger partial charge on any atom is 0.258 e. The minimum atomic E-state index is -0.685. The molecule has 2 unspecified atom stereocenters. The smallest absolute Gasteiger partial charge is 0.258 e. The van der Waals surface area contributed by atoms with Crippen molar-refractivity contribution in [2.75, 3.05) is 5.32 Å². The summed E-state index contributed by atoms with van der Waals surface area (Å²) in [5.74, 6) is -0.653. The molecule has 0 saturated heterocycles. The summed E-state index contributed by atoms with van der Waals surface area (Å²) in [6, 6.07) is 10.6. The van der Waals surface area contributed by atoms with E-state index < -0.39 is 11.6 Å². The van der Waals surface area contributed by atoms with E-state index in [-0.39, 0.29) is 29.0 Å². The number of halogens is 2. The third kappa shape index (κ3) is 3.95. The lowest BCUT2D eigenvalue weighted by atomic mass is 9.40. The Morgan fingerprint density at radius 1 is 0.944 bits per heavy atom. The van der Waals surface area contributed by atoms with Crippen LogP contribution in [0.15, 0.2) is 53.5 Å². The molecule has 0 radical (unpaired) electrons. The number of fused-ring (bicyclic) bond motifs is 1. The molecule has 36 heavy (non-hydrogen) atoms. The number of hydrogen-bond donors (Lipinski definition) is 1. The van der Waals surface area contributed by atoms with Crippen molar-refractivity contribution in [1.29, 1.82) is 0 Å². The standard InChI is InChI=1S/C30H32F2N2O2/c1-28-11-19-12-29(2,16-28)18-30(13-19,17-28)14-26(35)33-25-8-3-5-21-20(25)9-10-34(27(21)36)15-22-23(31)6-4-7-24(22)32/h3-10,19H,11-18H2,1-2H3,(H,33,35). The van der Waals surface area contributed by atoms with Crippen LogP contribution in [0.5, 0.6) is 0 Å². The van der Waals surface area contributed by atoms with Crippen LogP contribution in [-0.4, -0.2) is 10.5 Å². The van der Waals surface area contributed by atoms with E-state index in [9.17, 15) is 18.4 Å². The third-order valence-electron chi connectivity index (χ3n) is 8.96. The third-order valence-corrected chi connectivity index (χ3v) is 8.96. The van der Waals surface area contributed by atoms with Crippen LogP contribution in [0.2, 0.25) is 0 Å². The Hall–Kier alpha value is -3.02. The van der Waals surface area contributed by atoms with Crippen molar-refractivity contribution in [2.45, 2.75) is 65.3 Å². The number of hydrogen-bond acceptors (Lipinski definition) is 2. The van der Waals surface area contributed by atoms with Crippen LogP contribution in [-0.2, 0) is 11.3 Å². The van der Waals surface area contributed by atoms with Crippen molar-refractivity contribution in [3.63, 3.8) is 0 Å². The number of nitrogens with zero attached hydrogens (tertiary/aromatic N) is 1. The molecule has 188 valence electrons. The second kappa shape index (κ2) is 7.99. The lowest BCUT2D eigenvalue weighted by molar-refractivity contribution is -0.153. The molecule has 4 fully saturated rings. The maximum absolute atomic E-state index is 14.1. The molecule has 1 N–H and O–H groups in total. The molecule has 3 aromatic rings. The Balaban J connectivity index is 1.25. The number of carbonyl (C=O) groups is 1. The van der Waals surface area contributed by atoms with E-state index in [4.69, 9.17) is 0 Å². The summed E-state index contributed by atoms with van der Waals surface area (Å²) >= 11 is 0. The van der Waals surface area contributed by atoms with E-state index in [1.165, 1.54) is 48.2 Å². The maximum atomic E-state index is 14.1. The molecular weight excluding hydrogens is 458 g/mol. The first-order valence-corrected chi connectivity index (χ1v) is 12.9. The molecule has 7 rings (SSSR count). The van der Waals surface area contributed by atoms with Crippen molar-refractivity contribution in [3.05, 3.63) is 76.2 Å². The SMILES string of the molecule is CC12CC3CC(C)(C1)CC(CC(=O)Nc1cccc4c(=O)n(Cc5c(F)cccc5F)ccc14)(C3)C2. The van der Waals surface area contributed by atoms with Crippen molar-refractivity contribution in [3.8, 4) is 0 Å². The van der Waals surface area contributed by atoms with Crippen molar-refractivity contribution >= 4 is 22.4 Å². The highest BCUT2D eigenvalue weighted by Gasteiger charge is 2.60. The summed E-state index contributed by atoms with van der Waals surface area (Å²) in [4.78, 5) is 26.5. The van der Waals surface area contributed by atoms with Gasteiger partial charge in [-0.3, -0.25) is 9.59 Å². The zero-order chi connectivity index (χ0) is 25.3. The number of nitrogens with one attached hydrogen (secondary N) is 1. The number of aromatic nitrogens is 1. The lowest BCUT2D eigenvalue weighted by Crippen LogP contribution is -2.55. The summed E-state index contributed by atoms with van der Waals surface area (Å²) < 4.78 is 29.6.